The molecule has 20 heavy (non-hydrogen) atoms. The molecule has 1 fully saturated rings. The van der Waals surface area contributed by atoms with Crippen molar-refractivity contribution in [2.75, 3.05) is 11.5 Å². The van der Waals surface area contributed by atoms with E-state index < -0.39 is 15.9 Å². The molecule has 2 rings (SSSR count). The van der Waals surface area contributed by atoms with Gasteiger partial charge in [0.25, 0.3) is 0 Å². The lowest BCUT2D eigenvalue weighted by molar-refractivity contribution is 0.554. The second kappa shape index (κ2) is 6.27. The highest BCUT2D eigenvalue weighted by Gasteiger charge is 2.24. The van der Waals surface area contributed by atoms with E-state index >= 15 is 0 Å². The SMILES string of the molecule is Cc1ccc(C(N)CS(=O)(=O)CC2CCCC2)cc1C. The highest BCUT2D eigenvalue weighted by atomic mass is 32.2. The summed E-state index contributed by atoms with van der Waals surface area (Å²) in [5, 5.41) is 0. The van der Waals surface area contributed by atoms with E-state index in [-0.39, 0.29) is 5.75 Å². The van der Waals surface area contributed by atoms with Gasteiger partial charge >= 0.3 is 0 Å². The quantitative estimate of drug-likeness (QED) is 0.908. The van der Waals surface area contributed by atoms with Gasteiger partial charge in [0, 0.05) is 6.04 Å². The van der Waals surface area contributed by atoms with E-state index in [4.69, 9.17) is 5.73 Å². The summed E-state index contributed by atoms with van der Waals surface area (Å²) in [7, 11) is -3.06. The van der Waals surface area contributed by atoms with Gasteiger partial charge in [-0.05, 0) is 49.3 Å². The third-order valence-electron chi connectivity index (χ3n) is 4.36. The minimum atomic E-state index is -3.06. The Labute approximate surface area is 122 Å². The summed E-state index contributed by atoms with van der Waals surface area (Å²) < 4.78 is 24.5. The minimum Gasteiger partial charge on any atom is -0.323 e. The molecule has 1 unspecified atom stereocenters. The van der Waals surface area contributed by atoms with Crippen LogP contribution in [-0.4, -0.2) is 19.9 Å². The van der Waals surface area contributed by atoms with Crippen molar-refractivity contribution in [1.82, 2.24) is 0 Å². The van der Waals surface area contributed by atoms with Crippen LogP contribution in [0.5, 0.6) is 0 Å². The van der Waals surface area contributed by atoms with E-state index in [1.54, 1.807) is 0 Å². The molecule has 1 aliphatic rings. The maximum absolute atomic E-state index is 12.2. The first-order valence-corrected chi connectivity index (χ1v) is 9.23. The molecule has 2 N–H and O–H groups in total. The lowest BCUT2D eigenvalue weighted by atomic mass is 10.0. The van der Waals surface area contributed by atoms with Crippen LogP contribution in [0, 0.1) is 19.8 Å². The zero-order valence-electron chi connectivity index (χ0n) is 12.4. The Kier molecular flexibility index (Phi) is 4.86. The highest BCUT2D eigenvalue weighted by molar-refractivity contribution is 7.91. The first kappa shape index (κ1) is 15.5. The molecule has 0 saturated heterocycles. The lowest BCUT2D eigenvalue weighted by Crippen LogP contribution is -2.26. The summed E-state index contributed by atoms with van der Waals surface area (Å²) >= 11 is 0. The average molecular weight is 295 g/mol. The van der Waals surface area contributed by atoms with Crippen LogP contribution in [0.2, 0.25) is 0 Å². The van der Waals surface area contributed by atoms with Crippen molar-refractivity contribution in [3.8, 4) is 0 Å². The van der Waals surface area contributed by atoms with E-state index in [9.17, 15) is 8.42 Å². The molecule has 1 saturated carbocycles. The Hall–Kier alpha value is -0.870. The molecule has 0 radical (unpaired) electrons. The number of rotatable bonds is 5. The molecule has 1 aliphatic carbocycles. The second-order valence-electron chi connectivity index (χ2n) is 6.18. The lowest BCUT2D eigenvalue weighted by Gasteiger charge is -2.16. The summed E-state index contributed by atoms with van der Waals surface area (Å²) in [5.74, 6) is 0.726. The molecule has 1 aromatic carbocycles. The van der Waals surface area contributed by atoms with Gasteiger partial charge in [0.2, 0.25) is 0 Å². The van der Waals surface area contributed by atoms with Crippen molar-refractivity contribution >= 4 is 9.84 Å². The van der Waals surface area contributed by atoms with Crippen LogP contribution in [0.4, 0.5) is 0 Å². The van der Waals surface area contributed by atoms with Gasteiger partial charge in [-0.25, -0.2) is 8.42 Å². The second-order valence-corrected chi connectivity index (χ2v) is 8.33. The van der Waals surface area contributed by atoms with Gasteiger partial charge in [0.1, 0.15) is 0 Å². The van der Waals surface area contributed by atoms with Crippen molar-refractivity contribution in [3.05, 3.63) is 34.9 Å². The molecule has 0 aliphatic heterocycles. The Balaban J connectivity index is 2.01. The Bertz CT molecular complexity index is 560. The fourth-order valence-electron chi connectivity index (χ4n) is 2.97. The van der Waals surface area contributed by atoms with Crippen LogP contribution in [0.1, 0.15) is 48.4 Å². The number of nitrogens with two attached hydrogens (primary N) is 1. The van der Waals surface area contributed by atoms with Gasteiger partial charge in [-0.1, -0.05) is 31.0 Å². The molecule has 4 heteroatoms. The van der Waals surface area contributed by atoms with Gasteiger partial charge in [0.15, 0.2) is 9.84 Å². The fraction of sp³-hybridized carbons (Fsp3) is 0.625. The predicted molar refractivity (Wildman–Crippen MR) is 83.5 cm³/mol. The van der Waals surface area contributed by atoms with Gasteiger partial charge < -0.3 is 5.73 Å². The van der Waals surface area contributed by atoms with Crippen LogP contribution in [0.25, 0.3) is 0 Å². The molecule has 3 nitrogen and oxygen atoms in total. The zero-order chi connectivity index (χ0) is 14.8. The fourth-order valence-corrected chi connectivity index (χ4v) is 4.90. The molecule has 0 aromatic heterocycles. The van der Waals surface area contributed by atoms with Gasteiger partial charge in [-0.15, -0.1) is 0 Å². The summed E-state index contributed by atoms with van der Waals surface area (Å²) in [4.78, 5) is 0. The summed E-state index contributed by atoms with van der Waals surface area (Å²) in [6, 6.07) is 5.54. The predicted octanol–water partition coefficient (Wildman–Crippen LogP) is 2.91. The van der Waals surface area contributed by atoms with Crippen molar-refractivity contribution < 1.29 is 8.42 Å². The first-order chi connectivity index (χ1) is 9.37. The normalized spacial score (nSPS) is 18.4. The van der Waals surface area contributed by atoms with E-state index in [0.29, 0.717) is 11.7 Å². The van der Waals surface area contributed by atoms with Crippen LogP contribution in [0.15, 0.2) is 18.2 Å². The molecule has 112 valence electrons. The number of sulfone groups is 1. The Morgan fingerprint density at radius 1 is 1.20 bits per heavy atom. The summed E-state index contributed by atoms with van der Waals surface area (Å²) in [6.07, 6.45) is 4.45. The van der Waals surface area contributed by atoms with Gasteiger partial charge in [-0.3, -0.25) is 0 Å². The summed E-state index contributed by atoms with van der Waals surface area (Å²) in [5.41, 5.74) is 9.38. The van der Waals surface area contributed by atoms with Crippen LogP contribution in [0.3, 0.4) is 0 Å². The molecular formula is C16H25NO2S. The molecule has 0 bridgehead atoms. The Morgan fingerprint density at radius 3 is 2.45 bits per heavy atom. The van der Waals surface area contributed by atoms with Crippen molar-refractivity contribution in [3.63, 3.8) is 0 Å². The molecular weight excluding hydrogens is 270 g/mol. The monoisotopic (exact) mass is 295 g/mol. The number of benzene rings is 1. The number of hydrogen-bond acceptors (Lipinski definition) is 3. The average Bonchev–Trinajstić information content (AvgIpc) is 2.83. The van der Waals surface area contributed by atoms with Crippen LogP contribution < -0.4 is 5.73 Å². The van der Waals surface area contributed by atoms with E-state index in [1.807, 2.05) is 32.0 Å². The maximum atomic E-state index is 12.2. The largest absolute Gasteiger partial charge is 0.323 e. The van der Waals surface area contributed by atoms with Crippen molar-refractivity contribution in [1.29, 1.82) is 0 Å². The minimum absolute atomic E-state index is 0.0615. The number of aryl methyl sites for hydroxylation is 2. The van der Waals surface area contributed by atoms with E-state index in [1.165, 1.54) is 18.4 Å². The molecule has 1 atom stereocenters. The first-order valence-electron chi connectivity index (χ1n) is 7.40. The maximum Gasteiger partial charge on any atom is 0.152 e. The highest BCUT2D eigenvalue weighted by Crippen LogP contribution is 2.27. The van der Waals surface area contributed by atoms with E-state index in [0.717, 1.165) is 24.0 Å². The van der Waals surface area contributed by atoms with Crippen LogP contribution in [-0.2, 0) is 9.84 Å². The molecule has 0 heterocycles. The van der Waals surface area contributed by atoms with Gasteiger partial charge in [0.05, 0.1) is 11.5 Å². The Morgan fingerprint density at radius 2 is 1.85 bits per heavy atom. The summed E-state index contributed by atoms with van der Waals surface area (Å²) in [6.45, 7) is 4.07. The van der Waals surface area contributed by atoms with Crippen LogP contribution >= 0.6 is 0 Å². The molecule has 0 amide bonds. The van der Waals surface area contributed by atoms with Crippen molar-refractivity contribution in [2.45, 2.75) is 45.6 Å². The van der Waals surface area contributed by atoms with Crippen molar-refractivity contribution in [2.24, 2.45) is 11.7 Å². The van der Waals surface area contributed by atoms with Gasteiger partial charge in [-0.2, -0.15) is 0 Å². The number of hydrogen-bond donors (Lipinski definition) is 1. The van der Waals surface area contributed by atoms with E-state index in [2.05, 4.69) is 0 Å². The topological polar surface area (TPSA) is 60.2 Å². The molecule has 1 aromatic rings. The smallest absolute Gasteiger partial charge is 0.152 e. The molecule has 0 spiro atoms. The zero-order valence-corrected chi connectivity index (χ0v) is 13.2. The third-order valence-corrected chi connectivity index (χ3v) is 6.20. The third kappa shape index (κ3) is 4.06. The standard InChI is InChI=1S/C16H25NO2S/c1-12-7-8-15(9-13(12)2)16(17)11-20(18,19)10-14-5-3-4-6-14/h7-9,14,16H,3-6,10-11,17H2,1-2H3.